The molecule has 0 unspecified atom stereocenters. The molecule has 17 heavy (non-hydrogen) atoms. The summed E-state index contributed by atoms with van der Waals surface area (Å²) in [5.74, 6) is 0.0302. The fraction of sp³-hybridized carbons (Fsp3) is 0.615. The van der Waals surface area contributed by atoms with Gasteiger partial charge in [-0.25, -0.2) is 0 Å². The normalized spacial score (nSPS) is 17.0. The lowest BCUT2D eigenvalue weighted by atomic mass is 10.1. The number of carbonyl (C=O) groups is 1. The summed E-state index contributed by atoms with van der Waals surface area (Å²) in [6, 6.07) is 1.84. The van der Waals surface area contributed by atoms with Gasteiger partial charge < -0.3 is 14.8 Å². The van der Waals surface area contributed by atoms with Gasteiger partial charge in [0.05, 0.1) is 5.56 Å². The molecule has 0 aliphatic carbocycles. The Bertz CT molecular complexity index is 366. The number of likely N-dealkylation sites (tertiary alicyclic amines) is 1. The van der Waals surface area contributed by atoms with E-state index in [0.29, 0.717) is 0 Å². The Balaban J connectivity index is 1.69. The molecule has 1 amide bonds. The maximum atomic E-state index is 11.8. The van der Waals surface area contributed by atoms with Gasteiger partial charge in [-0.3, -0.25) is 4.79 Å². The number of hydrogen-bond donors (Lipinski definition) is 1. The van der Waals surface area contributed by atoms with Gasteiger partial charge in [-0.1, -0.05) is 6.42 Å². The summed E-state index contributed by atoms with van der Waals surface area (Å²) in [6.45, 7) is 4.08. The minimum Gasteiger partial charge on any atom is -0.356 e. The van der Waals surface area contributed by atoms with Crippen molar-refractivity contribution in [2.24, 2.45) is 7.05 Å². The van der Waals surface area contributed by atoms with Crippen LogP contribution in [0.15, 0.2) is 18.5 Å². The second-order valence-corrected chi connectivity index (χ2v) is 4.72. The first-order valence-electron chi connectivity index (χ1n) is 6.38. The van der Waals surface area contributed by atoms with E-state index in [1.54, 1.807) is 0 Å². The summed E-state index contributed by atoms with van der Waals surface area (Å²) < 4.78 is 1.89. The largest absolute Gasteiger partial charge is 0.356 e. The van der Waals surface area contributed by atoms with Gasteiger partial charge in [0.25, 0.3) is 5.91 Å². The Kier molecular flexibility index (Phi) is 4.20. The molecule has 2 heterocycles. The Hall–Kier alpha value is -1.29. The van der Waals surface area contributed by atoms with Crippen LogP contribution in [0.4, 0.5) is 0 Å². The summed E-state index contributed by atoms with van der Waals surface area (Å²) in [5, 5.41) is 2.97. The van der Waals surface area contributed by atoms with Crippen LogP contribution in [0.2, 0.25) is 0 Å². The molecule has 1 aromatic heterocycles. The molecule has 94 valence electrons. The van der Waals surface area contributed by atoms with Gasteiger partial charge in [-0.05, 0) is 32.0 Å². The van der Waals surface area contributed by atoms with E-state index in [1.807, 2.05) is 30.1 Å². The van der Waals surface area contributed by atoms with Crippen molar-refractivity contribution in [3.05, 3.63) is 24.0 Å². The Morgan fingerprint density at radius 3 is 2.76 bits per heavy atom. The van der Waals surface area contributed by atoms with E-state index in [-0.39, 0.29) is 5.91 Å². The van der Waals surface area contributed by atoms with Gasteiger partial charge in [0.15, 0.2) is 0 Å². The van der Waals surface area contributed by atoms with Crippen molar-refractivity contribution >= 4 is 5.91 Å². The zero-order valence-corrected chi connectivity index (χ0v) is 10.5. The molecule has 1 saturated heterocycles. The molecular weight excluding hydrogens is 214 g/mol. The third-order valence-electron chi connectivity index (χ3n) is 3.26. The van der Waals surface area contributed by atoms with Crippen LogP contribution in [0.5, 0.6) is 0 Å². The summed E-state index contributed by atoms with van der Waals surface area (Å²) in [5.41, 5.74) is 0.742. The van der Waals surface area contributed by atoms with E-state index in [2.05, 4.69) is 10.2 Å². The highest BCUT2D eigenvalue weighted by molar-refractivity contribution is 5.93. The third kappa shape index (κ3) is 3.60. The SMILES string of the molecule is Cn1ccc(C(=O)NCCN2CCCCC2)c1. The molecule has 0 radical (unpaired) electrons. The van der Waals surface area contributed by atoms with E-state index in [4.69, 9.17) is 0 Å². The molecule has 0 atom stereocenters. The first kappa shape index (κ1) is 12.2. The summed E-state index contributed by atoms with van der Waals surface area (Å²) in [4.78, 5) is 14.2. The predicted molar refractivity (Wildman–Crippen MR) is 68.0 cm³/mol. The lowest BCUT2D eigenvalue weighted by Gasteiger charge is -2.26. The zero-order chi connectivity index (χ0) is 12.1. The lowest BCUT2D eigenvalue weighted by molar-refractivity contribution is 0.0946. The smallest absolute Gasteiger partial charge is 0.252 e. The van der Waals surface area contributed by atoms with Crippen molar-refractivity contribution in [3.63, 3.8) is 0 Å². The number of piperidine rings is 1. The van der Waals surface area contributed by atoms with Gasteiger partial charge in [0.2, 0.25) is 0 Å². The van der Waals surface area contributed by atoms with Crippen LogP contribution in [0.25, 0.3) is 0 Å². The molecule has 2 rings (SSSR count). The van der Waals surface area contributed by atoms with Gasteiger partial charge in [0, 0.05) is 32.5 Å². The maximum Gasteiger partial charge on any atom is 0.252 e. The molecule has 0 bridgehead atoms. The van der Waals surface area contributed by atoms with Crippen LogP contribution in [-0.2, 0) is 7.05 Å². The number of nitrogens with one attached hydrogen (secondary N) is 1. The topological polar surface area (TPSA) is 37.3 Å². The number of rotatable bonds is 4. The summed E-state index contributed by atoms with van der Waals surface area (Å²) in [6.07, 6.45) is 7.68. The monoisotopic (exact) mass is 235 g/mol. The number of carbonyl (C=O) groups excluding carboxylic acids is 1. The van der Waals surface area contributed by atoms with Crippen LogP contribution in [-0.4, -0.2) is 41.6 Å². The quantitative estimate of drug-likeness (QED) is 0.852. The fourth-order valence-electron chi connectivity index (χ4n) is 2.25. The van der Waals surface area contributed by atoms with Gasteiger partial charge in [-0.15, -0.1) is 0 Å². The highest BCUT2D eigenvalue weighted by Gasteiger charge is 2.10. The molecular formula is C13H21N3O. The van der Waals surface area contributed by atoms with Crippen LogP contribution < -0.4 is 5.32 Å². The molecule has 4 nitrogen and oxygen atoms in total. The molecule has 1 aromatic rings. The molecule has 1 N–H and O–H groups in total. The van der Waals surface area contributed by atoms with E-state index < -0.39 is 0 Å². The second kappa shape index (κ2) is 5.87. The number of hydrogen-bond acceptors (Lipinski definition) is 2. The van der Waals surface area contributed by atoms with Crippen molar-refractivity contribution in [2.75, 3.05) is 26.2 Å². The molecule has 0 aromatic carbocycles. The summed E-state index contributed by atoms with van der Waals surface area (Å²) in [7, 11) is 1.92. The van der Waals surface area contributed by atoms with Crippen molar-refractivity contribution < 1.29 is 4.79 Å². The third-order valence-corrected chi connectivity index (χ3v) is 3.26. The first-order valence-corrected chi connectivity index (χ1v) is 6.38. The molecule has 0 spiro atoms. The van der Waals surface area contributed by atoms with Crippen LogP contribution in [0.1, 0.15) is 29.6 Å². The minimum absolute atomic E-state index is 0.0302. The average Bonchev–Trinajstić information content (AvgIpc) is 2.77. The summed E-state index contributed by atoms with van der Waals surface area (Å²) >= 11 is 0. The number of amides is 1. The second-order valence-electron chi connectivity index (χ2n) is 4.72. The Morgan fingerprint density at radius 1 is 1.35 bits per heavy atom. The van der Waals surface area contributed by atoms with Crippen molar-refractivity contribution in [3.8, 4) is 0 Å². The zero-order valence-electron chi connectivity index (χ0n) is 10.5. The highest BCUT2D eigenvalue weighted by atomic mass is 16.1. The molecule has 1 aliphatic heterocycles. The fourth-order valence-corrected chi connectivity index (χ4v) is 2.25. The van der Waals surface area contributed by atoms with E-state index in [1.165, 1.54) is 32.4 Å². The first-order chi connectivity index (χ1) is 8.25. The average molecular weight is 235 g/mol. The van der Waals surface area contributed by atoms with Crippen molar-refractivity contribution in [1.82, 2.24) is 14.8 Å². The molecule has 1 fully saturated rings. The van der Waals surface area contributed by atoms with Gasteiger partial charge in [-0.2, -0.15) is 0 Å². The van der Waals surface area contributed by atoms with E-state index in [0.717, 1.165) is 18.7 Å². The number of nitrogens with zero attached hydrogens (tertiary/aromatic N) is 2. The van der Waals surface area contributed by atoms with Gasteiger partial charge >= 0.3 is 0 Å². The lowest BCUT2D eigenvalue weighted by Crippen LogP contribution is -2.37. The van der Waals surface area contributed by atoms with Crippen LogP contribution in [0, 0.1) is 0 Å². The van der Waals surface area contributed by atoms with Crippen molar-refractivity contribution in [2.45, 2.75) is 19.3 Å². The maximum absolute atomic E-state index is 11.8. The van der Waals surface area contributed by atoms with Gasteiger partial charge in [0.1, 0.15) is 0 Å². The molecule has 4 heteroatoms. The Labute approximate surface area is 103 Å². The van der Waals surface area contributed by atoms with E-state index in [9.17, 15) is 4.79 Å². The number of aryl methyl sites for hydroxylation is 1. The standard InChI is InChI=1S/C13H21N3O/c1-15-9-5-12(11-15)13(17)14-6-10-16-7-3-2-4-8-16/h5,9,11H,2-4,6-8,10H2,1H3,(H,14,17). The highest BCUT2D eigenvalue weighted by Crippen LogP contribution is 2.07. The van der Waals surface area contributed by atoms with Crippen LogP contribution in [0.3, 0.4) is 0 Å². The predicted octanol–water partition coefficient (Wildman–Crippen LogP) is 1.24. The van der Waals surface area contributed by atoms with E-state index >= 15 is 0 Å². The Morgan fingerprint density at radius 2 is 2.12 bits per heavy atom. The number of aromatic nitrogens is 1. The van der Waals surface area contributed by atoms with Crippen LogP contribution >= 0.6 is 0 Å². The molecule has 1 aliphatic rings. The minimum atomic E-state index is 0.0302. The van der Waals surface area contributed by atoms with Crippen molar-refractivity contribution in [1.29, 1.82) is 0 Å². The molecule has 0 saturated carbocycles.